The Kier molecular flexibility index (Phi) is 5.57. The molecule has 22 heavy (non-hydrogen) atoms. The monoisotopic (exact) mass is 322 g/mol. The van der Waals surface area contributed by atoms with E-state index in [9.17, 15) is 5.21 Å². The molecule has 4 nitrogen and oxygen atoms in total. The van der Waals surface area contributed by atoms with Crippen LogP contribution in [-0.2, 0) is 4.43 Å². The Labute approximate surface area is 135 Å². The van der Waals surface area contributed by atoms with Crippen LogP contribution >= 0.6 is 0 Å². The summed E-state index contributed by atoms with van der Waals surface area (Å²) in [7, 11) is -1.89. The number of hydrogen-bond donors (Lipinski definition) is 0. The van der Waals surface area contributed by atoms with E-state index in [4.69, 9.17) is 4.43 Å². The van der Waals surface area contributed by atoms with Crippen molar-refractivity contribution in [1.29, 1.82) is 0 Å². The lowest BCUT2D eigenvalue weighted by molar-refractivity contribution is -0.451. The number of rotatable bonds is 5. The van der Waals surface area contributed by atoms with Crippen LogP contribution in [0.2, 0.25) is 18.1 Å². The van der Waals surface area contributed by atoms with Crippen molar-refractivity contribution in [1.82, 2.24) is 0 Å². The molecule has 0 aliphatic rings. The summed E-state index contributed by atoms with van der Waals surface area (Å²) < 4.78 is 6.38. The largest absolute Gasteiger partial charge is 0.594 e. The normalized spacial score (nSPS) is 15.7. The van der Waals surface area contributed by atoms with Gasteiger partial charge in [-0.1, -0.05) is 43.8 Å². The molecule has 0 aromatic heterocycles. The van der Waals surface area contributed by atoms with E-state index in [1.807, 2.05) is 39.0 Å². The van der Waals surface area contributed by atoms with E-state index >= 15 is 0 Å². The first-order valence-electron chi connectivity index (χ1n) is 7.80. The fourth-order valence-corrected chi connectivity index (χ4v) is 3.22. The number of para-hydroxylation sites is 1. The van der Waals surface area contributed by atoms with Gasteiger partial charge in [-0.25, -0.2) is 0 Å². The molecular formula is C17H30N2O2Si. The summed E-state index contributed by atoms with van der Waals surface area (Å²) in [5.41, 5.74) is -0.0530. The minimum atomic E-state index is -1.89. The molecule has 124 valence electrons. The molecule has 0 radical (unpaired) electrons. The molecule has 1 aromatic carbocycles. The lowest BCUT2D eigenvalue weighted by atomic mass is 10.0. The first-order chi connectivity index (χ1) is 9.87. The van der Waals surface area contributed by atoms with Gasteiger partial charge in [0, 0.05) is 12.1 Å². The summed E-state index contributed by atoms with van der Waals surface area (Å²) in [6, 6.07) is 9.06. The van der Waals surface area contributed by atoms with Crippen molar-refractivity contribution >= 4 is 14.0 Å². The van der Waals surface area contributed by atoms with Gasteiger partial charge < -0.3 is 9.63 Å². The van der Waals surface area contributed by atoms with Gasteiger partial charge in [0.15, 0.2) is 8.32 Å². The van der Waals surface area contributed by atoms with Crippen molar-refractivity contribution in [2.75, 3.05) is 0 Å². The summed E-state index contributed by atoms with van der Waals surface area (Å²) in [5, 5.41) is 16.7. The van der Waals surface area contributed by atoms with Crippen molar-refractivity contribution in [3.63, 3.8) is 0 Å². The quantitative estimate of drug-likeness (QED) is 0.312. The van der Waals surface area contributed by atoms with Crippen molar-refractivity contribution in [2.45, 2.75) is 71.3 Å². The Morgan fingerprint density at radius 2 is 1.59 bits per heavy atom. The number of azo groups is 1. The lowest BCUT2D eigenvalue weighted by Gasteiger charge is -2.40. The smallest absolute Gasteiger partial charge is 0.244 e. The van der Waals surface area contributed by atoms with Crippen molar-refractivity contribution in [2.24, 2.45) is 5.11 Å². The Hall–Kier alpha value is -1.20. The van der Waals surface area contributed by atoms with Crippen LogP contribution < -0.4 is 0 Å². The fourth-order valence-electron chi connectivity index (χ4n) is 1.69. The molecule has 0 bridgehead atoms. The van der Waals surface area contributed by atoms with Gasteiger partial charge in [0.1, 0.15) is 5.54 Å². The number of hydrogen-bond acceptors (Lipinski definition) is 3. The summed E-state index contributed by atoms with van der Waals surface area (Å²) in [4.78, 5) is 0.700. The molecule has 0 aliphatic carbocycles. The summed E-state index contributed by atoms with van der Waals surface area (Å²) in [5.74, 6) is 0. The summed E-state index contributed by atoms with van der Waals surface area (Å²) in [6.45, 7) is 16.9. The van der Waals surface area contributed by atoms with E-state index in [1.54, 1.807) is 12.1 Å². The zero-order valence-corrected chi connectivity index (χ0v) is 16.2. The molecule has 1 aromatic rings. The summed E-state index contributed by atoms with van der Waals surface area (Å²) >= 11 is 0. The molecule has 5 heteroatoms. The second-order valence-electron chi connectivity index (χ2n) is 7.88. The maximum absolute atomic E-state index is 12.2. The van der Waals surface area contributed by atoms with Gasteiger partial charge in [-0.05, 0) is 44.0 Å². The van der Waals surface area contributed by atoms with E-state index in [0.29, 0.717) is 10.5 Å². The maximum Gasteiger partial charge on any atom is 0.244 e. The number of benzene rings is 1. The van der Waals surface area contributed by atoms with E-state index in [2.05, 4.69) is 39.0 Å². The molecule has 0 amide bonds. The van der Waals surface area contributed by atoms with Crippen molar-refractivity contribution < 1.29 is 9.29 Å². The predicted octanol–water partition coefficient (Wildman–Crippen LogP) is 5.47. The van der Waals surface area contributed by atoms with E-state index in [0.717, 1.165) is 0 Å². The first-order valence-corrected chi connectivity index (χ1v) is 10.7. The van der Waals surface area contributed by atoms with Crippen LogP contribution in [-0.4, -0.2) is 24.8 Å². The molecule has 1 rings (SSSR count). The molecule has 1 atom stereocenters. The van der Waals surface area contributed by atoms with Crippen molar-refractivity contribution in [3.8, 4) is 0 Å². The van der Waals surface area contributed by atoms with E-state index < -0.39 is 13.9 Å². The highest BCUT2D eigenvalue weighted by molar-refractivity contribution is 6.74. The van der Waals surface area contributed by atoms with Gasteiger partial charge in [0.25, 0.3) is 0 Å². The predicted molar refractivity (Wildman–Crippen MR) is 94.0 cm³/mol. The van der Waals surface area contributed by atoms with Crippen LogP contribution in [0.3, 0.4) is 0 Å². The van der Waals surface area contributed by atoms with Gasteiger partial charge in [0.05, 0.1) is 6.10 Å². The first kappa shape index (κ1) is 18.8. The minimum absolute atomic E-state index is 0.131. The lowest BCUT2D eigenvalue weighted by Crippen LogP contribution is -2.48. The van der Waals surface area contributed by atoms with Crippen LogP contribution in [0.5, 0.6) is 0 Å². The Morgan fingerprint density at radius 3 is 2.05 bits per heavy atom. The van der Waals surface area contributed by atoms with Crippen LogP contribution in [0, 0.1) is 5.21 Å². The molecule has 0 saturated carbocycles. The molecule has 0 N–H and O–H groups in total. The Morgan fingerprint density at radius 1 is 1.09 bits per heavy atom. The van der Waals surface area contributed by atoms with Gasteiger partial charge >= 0.3 is 0 Å². The standard InChI is InChI=1S/C17H30N2O2Si/c1-14(21-22(7,8)16(2,3)4)17(5,6)18-19(20)15-12-10-9-11-13-15/h9-14H,1-8H3. The molecule has 0 saturated heterocycles. The van der Waals surface area contributed by atoms with Crippen molar-refractivity contribution in [3.05, 3.63) is 35.5 Å². The molecule has 1 unspecified atom stereocenters. The highest BCUT2D eigenvalue weighted by Gasteiger charge is 2.42. The molecule has 0 fully saturated rings. The Bertz CT molecular complexity index is 519. The average Bonchev–Trinajstić information content (AvgIpc) is 2.37. The van der Waals surface area contributed by atoms with Crippen LogP contribution in [0.4, 0.5) is 5.69 Å². The fraction of sp³-hybridized carbons (Fsp3) is 0.647. The third kappa shape index (κ3) is 4.65. The van der Waals surface area contributed by atoms with Gasteiger partial charge in [-0.3, -0.25) is 0 Å². The van der Waals surface area contributed by atoms with E-state index in [1.165, 1.54) is 0 Å². The summed E-state index contributed by atoms with van der Waals surface area (Å²) in [6.07, 6.45) is -0.131. The zero-order valence-electron chi connectivity index (χ0n) is 15.2. The second-order valence-corrected chi connectivity index (χ2v) is 12.6. The van der Waals surface area contributed by atoms with Crippen LogP contribution in [0.1, 0.15) is 41.5 Å². The molecule has 0 heterocycles. The minimum Gasteiger partial charge on any atom is -0.594 e. The third-order valence-electron chi connectivity index (χ3n) is 4.60. The van der Waals surface area contributed by atoms with Crippen LogP contribution in [0.15, 0.2) is 35.4 Å². The van der Waals surface area contributed by atoms with Crippen LogP contribution in [0.25, 0.3) is 0 Å². The molecule has 0 aliphatic heterocycles. The van der Waals surface area contributed by atoms with E-state index in [-0.39, 0.29) is 11.1 Å². The molecular weight excluding hydrogens is 292 g/mol. The molecule has 0 spiro atoms. The van der Waals surface area contributed by atoms with Gasteiger partial charge in [0.2, 0.25) is 5.69 Å². The second kappa shape index (κ2) is 6.50. The highest BCUT2D eigenvalue weighted by Crippen LogP contribution is 2.38. The topological polar surface area (TPSA) is 47.7 Å². The average molecular weight is 323 g/mol. The Balaban J connectivity index is 2.94. The van der Waals surface area contributed by atoms with Gasteiger partial charge in [-0.2, -0.15) is 0 Å². The SMILES string of the molecule is CC(O[Si](C)(C)C(C)(C)C)C(C)(C)N=[N+]([O-])c1ccccc1. The third-order valence-corrected chi connectivity index (χ3v) is 9.15. The zero-order chi connectivity index (χ0) is 17.2. The maximum atomic E-state index is 12.2. The highest BCUT2D eigenvalue weighted by atomic mass is 28.4. The van der Waals surface area contributed by atoms with Gasteiger partial charge in [-0.15, -0.1) is 0 Å². The number of nitrogens with zero attached hydrogens (tertiary/aromatic N) is 2.